The quantitative estimate of drug-likeness (QED) is 0.377. The number of hydrogen-bond donors (Lipinski definition) is 0. The van der Waals surface area contributed by atoms with Gasteiger partial charge in [0.1, 0.15) is 5.75 Å². The Bertz CT molecular complexity index is 860. The fraction of sp³-hybridized carbons (Fsp3) is 0.304. The maximum absolute atomic E-state index is 14.3. The Labute approximate surface area is 162 Å². The molecule has 0 bridgehead atoms. The highest BCUT2D eigenvalue weighted by atomic mass is 19.2. The van der Waals surface area contributed by atoms with E-state index in [9.17, 15) is 17.6 Å². The Morgan fingerprint density at radius 3 is 1.68 bits per heavy atom. The molecule has 0 spiro atoms. The SMILES string of the molecule is Cc1ccc(/C(F)=C(F)/C(F)=C(\F)c2ccc(OC3CCCCC3)cc2)cc1. The van der Waals surface area contributed by atoms with Gasteiger partial charge in [-0.15, -0.1) is 0 Å². The zero-order chi connectivity index (χ0) is 20.1. The van der Waals surface area contributed by atoms with Crippen LogP contribution in [0.15, 0.2) is 60.2 Å². The molecule has 1 nitrogen and oxygen atoms in total. The van der Waals surface area contributed by atoms with Gasteiger partial charge in [0.05, 0.1) is 6.10 Å². The number of benzene rings is 2. The fourth-order valence-corrected chi connectivity index (χ4v) is 3.20. The van der Waals surface area contributed by atoms with Gasteiger partial charge < -0.3 is 4.74 Å². The summed E-state index contributed by atoms with van der Waals surface area (Å²) >= 11 is 0. The van der Waals surface area contributed by atoms with Gasteiger partial charge in [0, 0.05) is 11.1 Å². The summed E-state index contributed by atoms with van der Waals surface area (Å²) < 4.78 is 62.6. The number of ether oxygens (including phenoxy) is 1. The minimum absolute atomic E-state index is 0.126. The van der Waals surface area contributed by atoms with Crippen molar-refractivity contribution >= 4 is 11.7 Å². The van der Waals surface area contributed by atoms with Crippen LogP contribution in [0.1, 0.15) is 48.8 Å². The van der Waals surface area contributed by atoms with Crippen molar-refractivity contribution in [3.05, 3.63) is 76.9 Å². The maximum atomic E-state index is 14.3. The molecule has 2 aromatic carbocycles. The van der Waals surface area contributed by atoms with E-state index in [4.69, 9.17) is 4.74 Å². The molecule has 0 unspecified atom stereocenters. The van der Waals surface area contributed by atoms with Crippen LogP contribution in [0, 0.1) is 6.92 Å². The van der Waals surface area contributed by atoms with E-state index in [1.54, 1.807) is 19.1 Å². The van der Waals surface area contributed by atoms with Gasteiger partial charge in [-0.3, -0.25) is 0 Å². The number of rotatable bonds is 5. The van der Waals surface area contributed by atoms with E-state index >= 15 is 0 Å². The summed E-state index contributed by atoms with van der Waals surface area (Å²) in [4.78, 5) is 0. The van der Waals surface area contributed by atoms with Crippen molar-refractivity contribution in [2.45, 2.75) is 45.1 Å². The average Bonchev–Trinajstić information content (AvgIpc) is 2.73. The van der Waals surface area contributed by atoms with Gasteiger partial charge in [-0.2, -0.15) is 0 Å². The summed E-state index contributed by atoms with van der Waals surface area (Å²) in [5.74, 6) is -6.07. The van der Waals surface area contributed by atoms with Crippen LogP contribution in [-0.2, 0) is 0 Å². The van der Waals surface area contributed by atoms with Crippen LogP contribution in [0.4, 0.5) is 17.6 Å². The van der Waals surface area contributed by atoms with Crippen LogP contribution < -0.4 is 4.74 Å². The number of halogens is 4. The number of allylic oxidation sites excluding steroid dienone is 2. The van der Waals surface area contributed by atoms with Crippen molar-refractivity contribution in [1.82, 2.24) is 0 Å². The maximum Gasteiger partial charge on any atom is 0.198 e. The molecule has 5 heteroatoms. The first-order valence-corrected chi connectivity index (χ1v) is 9.40. The predicted octanol–water partition coefficient (Wildman–Crippen LogP) is 7.62. The first kappa shape index (κ1) is 20.2. The molecule has 0 aliphatic heterocycles. The Morgan fingerprint density at radius 2 is 1.18 bits per heavy atom. The molecule has 0 saturated heterocycles. The second-order valence-electron chi connectivity index (χ2n) is 7.02. The van der Waals surface area contributed by atoms with E-state index in [1.807, 2.05) is 0 Å². The summed E-state index contributed by atoms with van der Waals surface area (Å²) in [6.45, 7) is 1.78. The third kappa shape index (κ3) is 4.83. The number of hydrogen-bond acceptors (Lipinski definition) is 1. The van der Waals surface area contributed by atoms with E-state index in [1.165, 1.54) is 42.8 Å². The van der Waals surface area contributed by atoms with Gasteiger partial charge in [0.25, 0.3) is 0 Å². The van der Waals surface area contributed by atoms with Crippen LogP contribution in [0.3, 0.4) is 0 Å². The first-order chi connectivity index (χ1) is 13.5. The van der Waals surface area contributed by atoms with Crippen molar-refractivity contribution in [3.63, 3.8) is 0 Å². The molecule has 0 radical (unpaired) electrons. The summed E-state index contributed by atoms with van der Waals surface area (Å²) in [6.07, 6.45) is 5.50. The summed E-state index contributed by atoms with van der Waals surface area (Å²) in [5, 5.41) is 0. The van der Waals surface area contributed by atoms with Gasteiger partial charge >= 0.3 is 0 Å². The van der Waals surface area contributed by atoms with Crippen LogP contribution in [0.2, 0.25) is 0 Å². The van der Waals surface area contributed by atoms with Crippen LogP contribution in [0.5, 0.6) is 5.75 Å². The highest BCUT2D eigenvalue weighted by Gasteiger charge is 2.20. The molecule has 0 atom stereocenters. The molecule has 28 heavy (non-hydrogen) atoms. The van der Waals surface area contributed by atoms with Crippen LogP contribution in [0.25, 0.3) is 11.7 Å². The Kier molecular flexibility index (Phi) is 6.55. The van der Waals surface area contributed by atoms with Crippen LogP contribution in [-0.4, -0.2) is 6.10 Å². The van der Waals surface area contributed by atoms with Gasteiger partial charge in [0.2, 0.25) is 0 Å². The monoisotopic (exact) mass is 390 g/mol. The smallest absolute Gasteiger partial charge is 0.198 e. The fourth-order valence-electron chi connectivity index (χ4n) is 3.20. The molecule has 1 aliphatic rings. The van der Waals surface area contributed by atoms with E-state index in [0.717, 1.165) is 31.2 Å². The van der Waals surface area contributed by atoms with Gasteiger partial charge in [-0.25, -0.2) is 17.6 Å². The molecule has 0 amide bonds. The van der Waals surface area contributed by atoms with Gasteiger partial charge in [-0.05, 0) is 56.9 Å². The molecule has 1 aliphatic carbocycles. The lowest BCUT2D eigenvalue weighted by molar-refractivity contribution is 0.155. The van der Waals surface area contributed by atoms with E-state index < -0.39 is 23.3 Å². The van der Waals surface area contributed by atoms with Crippen molar-refractivity contribution < 1.29 is 22.3 Å². The molecule has 2 aromatic rings. The molecular weight excluding hydrogens is 368 g/mol. The normalized spacial score (nSPS) is 17.0. The second-order valence-corrected chi connectivity index (χ2v) is 7.02. The molecule has 148 valence electrons. The van der Waals surface area contributed by atoms with Crippen molar-refractivity contribution in [1.29, 1.82) is 0 Å². The molecule has 0 N–H and O–H groups in total. The Balaban J connectivity index is 1.78. The Morgan fingerprint density at radius 1 is 0.714 bits per heavy atom. The minimum Gasteiger partial charge on any atom is -0.490 e. The summed E-state index contributed by atoms with van der Waals surface area (Å²) in [5.41, 5.74) is 0.511. The third-order valence-electron chi connectivity index (χ3n) is 4.85. The third-order valence-corrected chi connectivity index (χ3v) is 4.85. The van der Waals surface area contributed by atoms with Crippen molar-refractivity contribution in [2.75, 3.05) is 0 Å². The lowest BCUT2D eigenvalue weighted by Gasteiger charge is -2.23. The predicted molar refractivity (Wildman–Crippen MR) is 103 cm³/mol. The molecule has 1 fully saturated rings. The molecule has 1 saturated carbocycles. The highest BCUT2D eigenvalue weighted by Crippen LogP contribution is 2.33. The standard InChI is InChI=1S/C23H22F4O/c1-15-7-9-16(10-8-15)20(24)22(26)23(27)21(25)17-11-13-19(14-12-17)28-18-5-3-2-4-6-18/h7-14,18H,2-6H2,1H3/b22-20+,23-21+. The minimum atomic E-state index is -1.86. The van der Waals surface area contributed by atoms with Crippen molar-refractivity contribution in [3.8, 4) is 5.75 Å². The summed E-state index contributed by atoms with van der Waals surface area (Å²) in [6, 6.07) is 11.4. The highest BCUT2D eigenvalue weighted by molar-refractivity contribution is 5.71. The average molecular weight is 390 g/mol. The molecule has 3 rings (SSSR count). The van der Waals surface area contributed by atoms with E-state index in [-0.39, 0.29) is 17.2 Å². The summed E-state index contributed by atoms with van der Waals surface area (Å²) in [7, 11) is 0. The Hall–Kier alpha value is -2.56. The van der Waals surface area contributed by atoms with Crippen molar-refractivity contribution in [2.24, 2.45) is 0 Å². The molecular formula is C23H22F4O. The molecule has 0 aromatic heterocycles. The lowest BCUT2D eigenvalue weighted by Crippen LogP contribution is -2.19. The zero-order valence-corrected chi connectivity index (χ0v) is 15.7. The van der Waals surface area contributed by atoms with Gasteiger partial charge in [0.15, 0.2) is 23.3 Å². The van der Waals surface area contributed by atoms with Gasteiger partial charge in [-0.1, -0.05) is 36.2 Å². The topological polar surface area (TPSA) is 9.23 Å². The van der Waals surface area contributed by atoms with E-state index in [0.29, 0.717) is 5.75 Å². The lowest BCUT2D eigenvalue weighted by atomic mass is 9.98. The molecule has 0 heterocycles. The second kappa shape index (κ2) is 9.09. The zero-order valence-electron chi connectivity index (χ0n) is 15.7. The first-order valence-electron chi connectivity index (χ1n) is 9.40. The number of aryl methyl sites for hydroxylation is 1. The van der Waals surface area contributed by atoms with E-state index in [2.05, 4.69) is 0 Å². The largest absolute Gasteiger partial charge is 0.490 e. The van der Waals surface area contributed by atoms with Crippen LogP contribution >= 0.6 is 0 Å².